The summed E-state index contributed by atoms with van der Waals surface area (Å²) in [6.07, 6.45) is 9.56. The fourth-order valence-electron chi connectivity index (χ4n) is 8.55. The Hall–Kier alpha value is -7.23. The summed E-state index contributed by atoms with van der Waals surface area (Å²) in [4.78, 5) is 15.4. The standard InChI is InChI=1S/C53H35N3/c1-4-14-42-38(11-1)30-48(46-18-8-6-16-44(42)46)35-23-25-36(26-24-35)51-32-52(49-31-39-12-2-5-15-43(39)45-17-7-9-19-47(45)49)56-53(55-51)37-27-21-34(22-28-37)41-29-40-13-3-10-20-50(40)54-33-41/h1-27,29-33,37H,28H2/t37-/m0/s1. The zero-order valence-corrected chi connectivity index (χ0v) is 30.6. The number of benzene rings is 8. The first-order valence-electron chi connectivity index (χ1n) is 19.3. The van der Waals surface area contributed by atoms with Gasteiger partial charge in [0.15, 0.2) is 0 Å². The molecule has 0 bridgehead atoms. The largest absolute Gasteiger partial charge is 0.256 e. The van der Waals surface area contributed by atoms with E-state index in [2.05, 4.69) is 182 Å². The summed E-state index contributed by atoms with van der Waals surface area (Å²) in [5.74, 6) is 0.850. The van der Waals surface area contributed by atoms with Gasteiger partial charge in [0.05, 0.1) is 16.9 Å². The molecule has 8 aromatic carbocycles. The number of hydrogen-bond acceptors (Lipinski definition) is 3. The van der Waals surface area contributed by atoms with Crippen LogP contribution in [0.3, 0.4) is 0 Å². The number of nitrogens with zero attached hydrogens (tertiary/aromatic N) is 3. The Morgan fingerprint density at radius 1 is 0.429 bits per heavy atom. The predicted molar refractivity (Wildman–Crippen MR) is 235 cm³/mol. The van der Waals surface area contributed by atoms with Gasteiger partial charge >= 0.3 is 0 Å². The van der Waals surface area contributed by atoms with E-state index in [0.29, 0.717) is 0 Å². The molecule has 3 nitrogen and oxygen atoms in total. The number of para-hydroxylation sites is 1. The molecule has 0 N–H and O–H groups in total. The van der Waals surface area contributed by atoms with Crippen molar-refractivity contribution in [3.8, 4) is 33.6 Å². The molecule has 262 valence electrons. The summed E-state index contributed by atoms with van der Waals surface area (Å²) in [6.45, 7) is 0. The lowest BCUT2D eigenvalue weighted by Gasteiger charge is -2.18. The van der Waals surface area contributed by atoms with Gasteiger partial charge in [-0.3, -0.25) is 4.98 Å². The molecule has 3 heteroatoms. The highest BCUT2D eigenvalue weighted by Gasteiger charge is 2.20. The monoisotopic (exact) mass is 713 g/mol. The van der Waals surface area contributed by atoms with Gasteiger partial charge in [-0.1, -0.05) is 158 Å². The van der Waals surface area contributed by atoms with Gasteiger partial charge in [-0.05, 0) is 96.5 Å². The maximum atomic E-state index is 5.37. The quantitative estimate of drug-likeness (QED) is 0.167. The Kier molecular flexibility index (Phi) is 7.63. The third-order valence-electron chi connectivity index (χ3n) is 11.4. The van der Waals surface area contributed by atoms with E-state index in [1.54, 1.807) is 0 Å². The Morgan fingerprint density at radius 3 is 1.66 bits per heavy atom. The highest BCUT2D eigenvalue weighted by Crippen LogP contribution is 2.39. The lowest BCUT2D eigenvalue weighted by Crippen LogP contribution is -2.07. The minimum absolute atomic E-state index is 0.0285. The highest BCUT2D eigenvalue weighted by atomic mass is 14.9. The Bertz CT molecular complexity index is 3230. The van der Waals surface area contributed by atoms with E-state index in [4.69, 9.17) is 15.0 Å². The second kappa shape index (κ2) is 13.3. The van der Waals surface area contributed by atoms with Crippen molar-refractivity contribution in [2.24, 2.45) is 0 Å². The molecule has 10 aromatic rings. The summed E-state index contributed by atoms with van der Waals surface area (Å²) in [5.41, 5.74) is 9.73. The summed E-state index contributed by atoms with van der Waals surface area (Å²) < 4.78 is 0. The third-order valence-corrected chi connectivity index (χ3v) is 11.4. The van der Waals surface area contributed by atoms with E-state index < -0.39 is 0 Å². The van der Waals surface area contributed by atoms with Crippen LogP contribution < -0.4 is 0 Å². The highest BCUT2D eigenvalue weighted by molar-refractivity contribution is 6.14. The molecule has 2 aromatic heterocycles. The van der Waals surface area contributed by atoms with Crippen molar-refractivity contribution < 1.29 is 0 Å². The van der Waals surface area contributed by atoms with Gasteiger partial charge in [-0.15, -0.1) is 0 Å². The molecule has 1 aliphatic carbocycles. The molecule has 11 rings (SSSR count). The Morgan fingerprint density at radius 2 is 0.982 bits per heavy atom. The van der Waals surface area contributed by atoms with Crippen molar-refractivity contribution in [3.63, 3.8) is 0 Å². The van der Waals surface area contributed by atoms with Crippen molar-refractivity contribution in [2.45, 2.75) is 12.3 Å². The van der Waals surface area contributed by atoms with Gasteiger partial charge in [0.2, 0.25) is 0 Å². The van der Waals surface area contributed by atoms with Crippen molar-refractivity contribution in [1.29, 1.82) is 0 Å². The van der Waals surface area contributed by atoms with Crippen LogP contribution in [0, 0.1) is 0 Å². The summed E-state index contributed by atoms with van der Waals surface area (Å²) >= 11 is 0. The van der Waals surface area contributed by atoms with Crippen LogP contribution in [0.4, 0.5) is 0 Å². The number of fused-ring (bicyclic) bond motifs is 7. The fourth-order valence-corrected chi connectivity index (χ4v) is 8.55. The lowest BCUT2D eigenvalue weighted by molar-refractivity contribution is 0.777. The number of rotatable bonds is 5. The van der Waals surface area contributed by atoms with Gasteiger partial charge in [-0.2, -0.15) is 0 Å². The minimum Gasteiger partial charge on any atom is -0.256 e. The Labute approximate surface area is 325 Å². The SMILES string of the molecule is C1=C[C@H](c2nc(-c3ccc(-c4cc5ccccc5c5ccccc45)cc3)cc(-c3cc4ccccc4c4ccccc34)n2)CC=C1c1cnc2ccccc2c1. The third kappa shape index (κ3) is 5.56. The summed E-state index contributed by atoms with van der Waals surface area (Å²) in [5, 5.41) is 11.0. The molecule has 0 saturated heterocycles. The summed E-state index contributed by atoms with van der Waals surface area (Å²) in [7, 11) is 0. The van der Waals surface area contributed by atoms with Crippen LogP contribution in [-0.2, 0) is 0 Å². The maximum Gasteiger partial charge on any atom is 0.136 e. The van der Waals surface area contributed by atoms with Gasteiger partial charge < -0.3 is 0 Å². The molecule has 0 spiro atoms. The van der Waals surface area contributed by atoms with E-state index in [0.717, 1.165) is 51.2 Å². The van der Waals surface area contributed by atoms with E-state index in [-0.39, 0.29) is 5.92 Å². The first-order valence-corrected chi connectivity index (χ1v) is 19.3. The average Bonchev–Trinajstić information content (AvgIpc) is 3.28. The number of hydrogen-bond donors (Lipinski definition) is 0. The molecule has 56 heavy (non-hydrogen) atoms. The second-order valence-electron chi connectivity index (χ2n) is 14.7. The van der Waals surface area contributed by atoms with Crippen LogP contribution in [-0.4, -0.2) is 15.0 Å². The number of pyridine rings is 1. The normalized spacial score (nSPS) is 14.2. The van der Waals surface area contributed by atoms with Gasteiger partial charge in [0, 0.05) is 34.2 Å². The number of allylic oxidation sites excluding steroid dienone is 4. The second-order valence-corrected chi connectivity index (χ2v) is 14.7. The molecule has 0 saturated carbocycles. The van der Waals surface area contributed by atoms with Crippen molar-refractivity contribution >= 4 is 59.6 Å². The first-order chi connectivity index (χ1) is 27.7. The van der Waals surface area contributed by atoms with Crippen LogP contribution >= 0.6 is 0 Å². The first kappa shape index (κ1) is 32.2. The molecule has 0 aliphatic heterocycles. The Balaban J connectivity index is 1.03. The minimum atomic E-state index is 0.0285. The molecule has 0 fully saturated rings. The molecule has 2 heterocycles. The number of aromatic nitrogens is 3. The van der Waals surface area contributed by atoms with Crippen LogP contribution in [0.2, 0.25) is 0 Å². The lowest BCUT2D eigenvalue weighted by atomic mass is 9.91. The molecule has 0 radical (unpaired) electrons. The molecule has 0 unspecified atom stereocenters. The molecule has 1 aliphatic rings. The zero-order valence-electron chi connectivity index (χ0n) is 30.6. The average molecular weight is 714 g/mol. The fraction of sp³-hybridized carbons (Fsp3) is 0.0377. The van der Waals surface area contributed by atoms with E-state index in [9.17, 15) is 0 Å². The topological polar surface area (TPSA) is 38.7 Å². The zero-order chi connectivity index (χ0) is 37.0. The molecular weight excluding hydrogens is 679 g/mol. The van der Waals surface area contributed by atoms with E-state index in [1.807, 2.05) is 12.3 Å². The van der Waals surface area contributed by atoms with E-state index in [1.165, 1.54) is 59.8 Å². The predicted octanol–water partition coefficient (Wildman–Crippen LogP) is 13.8. The van der Waals surface area contributed by atoms with Gasteiger partial charge in [-0.25, -0.2) is 9.97 Å². The van der Waals surface area contributed by atoms with Crippen molar-refractivity contribution in [1.82, 2.24) is 15.0 Å². The van der Waals surface area contributed by atoms with Crippen LogP contribution in [0.1, 0.15) is 23.7 Å². The molecular formula is C53H35N3. The van der Waals surface area contributed by atoms with Crippen molar-refractivity contribution in [3.05, 3.63) is 206 Å². The van der Waals surface area contributed by atoms with Crippen LogP contribution in [0.15, 0.2) is 194 Å². The smallest absolute Gasteiger partial charge is 0.136 e. The summed E-state index contributed by atoms with van der Waals surface area (Å²) in [6, 6.07) is 60.9. The molecule has 0 amide bonds. The van der Waals surface area contributed by atoms with E-state index >= 15 is 0 Å². The van der Waals surface area contributed by atoms with Gasteiger partial charge in [0.1, 0.15) is 5.82 Å². The van der Waals surface area contributed by atoms with Crippen LogP contribution in [0.5, 0.6) is 0 Å². The van der Waals surface area contributed by atoms with Crippen LogP contribution in [0.25, 0.3) is 93.2 Å². The maximum absolute atomic E-state index is 5.37. The van der Waals surface area contributed by atoms with Gasteiger partial charge in [0.25, 0.3) is 0 Å². The van der Waals surface area contributed by atoms with Crippen molar-refractivity contribution in [2.75, 3.05) is 0 Å². The molecule has 1 atom stereocenters.